The number of hydrazone groups is 1. The highest BCUT2D eigenvalue weighted by molar-refractivity contribution is 6.18. The maximum Gasteiger partial charge on any atom is 0.161 e. The van der Waals surface area contributed by atoms with E-state index in [4.69, 9.17) is 19.6 Å². The Bertz CT molecular complexity index is 1190. The minimum Gasteiger partial charge on any atom is -0.490 e. The van der Waals surface area contributed by atoms with Crippen LogP contribution in [0.25, 0.3) is 0 Å². The third kappa shape index (κ3) is 4.92. The Labute approximate surface area is 196 Å². The summed E-state index contributed by atoms with van der Waals surface area (Å²) in [5.41, 5.74) is 9.14. The second-order valence-electron chi connectivity index (χ2n) is 8.90. The van der Waals surface area contributed by atoms with Crippen LogP contribution in [0, 0.1) is 0 Å². The van der Waals surface area contributed by atoms with Gasteiger partial charge in [0.1, 0.15) is 5.71 Å². The van der Waals surface area contributed by atoms with E-state index in [0.717, 1.165) is 33.8 Å². The zero-order valence-electron chi connectivity index (χ0n) is 20.0. The fourth-order valence-corrected chi connectivity index (χ4v) is 3.76. The van der Waals surface area contributed by atoms with Gasteiger partial charge in [0.05, 0.1) is 18.9 Å². The molecule has 1 aliphatic heterocycles. The van der Waals surface area contributed by atoms with E-state index < -0.39 is 0 Å². The molecule has 3 aromatic rings. The van der Waals surface area contributed by atoms with Crippen molar-refractivity contribution in [3.63, 3.8) is 0 Å². The number of ether oxygens (including phenoxy) is 2. The zero-order valence-corrected chi connectivity index (χ0v) is 20.0. The molecule has 0 amide bonds. The van der Waals surface area contributed by atoms with Crippen molar-refractivity contribution in [3.05, 3.63) is 89.0 Å². The summed E-state index contributed by atoms with van der Waals surface area (Å²) in [6, 6.07) is 22.5. The minimum absolute atomic E-state index is 0.0983. The molecule has 1 aliphatic rings. The third-order valence-corrected chi connectivity index (χ3v) is 5.51. The van der Waals surface area contributed by atoms with Gasteiger partial charge >= 0.3 is 0 Å². The van der Waals surface area contributed by atoms with Gasteiger partial charge in [-0.25, -0.2) is 4.99 Å². The molecule has 0 saturated heterocycles. The van der Waals surface area contributed by atoms with Gasteiger partial charge in [0.25, 0.3) is 0 Å². The summed E-state index contributed by atoms with van der Waals surface area (Å²) in [4.78, 5) is 4.92. The van der Waals surface area contributed by atoms with Crippen LogP contribution in [0.2, 0.25) is 0 Å². The van der Waals surface area contributed by atoms with Crippen molar-refractivity contribution in [3.8, 4) is 11.5 Å². The number of hydrogen-bond acceptors (Lipinski definition) is 5. The highest BCUT2D eigenvalue weighted by Crippen LogP contribution is 2.32. The number of benzene rings is 3. The second kappa shape index (κ2) is 9.49. The lowest BCUT2D eigenvalue weighted by atomic mass is 9.86. The Hall–Kier alpha value is -3.60. The Morgan fingerprint density at radius 2 is 1.45 bits per heavy atom. The molecule has 5 heteroatoms. The molecule has 1 heterocycles. The normalized spacial score (nSPS) is 13.2. The van der Waals surface area contributed by atoms with Gasteiger partial charge in [-0.3, -0.25) is 5.43 Å². The number of para-hydroxylation sites is 1. The molecule has 0 bridgehead atoms. The standard InChI is InChI=1S/C28H31N3O2/c1-6-32-24-17-14-20(18-25(24)33-7-2)26-22-10-8-9-11-23(22)29-27(31-30-26)19-12-15-21(16-13-19)28(3,4)5/h8-18H,6-7H2,1-5H3,(H,29,31). The molecule has 5 nitrogen and oxygen atoms in total. The quantitative estimate of drug-likeness (QED) is 0.494. The molecular weight excluding hydrogens is 410 g/mol. The van der Waals surface area contributed by atoms with Crippen LogP contribution in [-0.4, -0.2) is 24.8 Å². The molecule has 0 saturated carbocycles. The lowest BCUT2D eigenvalue weighted by molar-refractivity contribution is 0.287. The van der Waals surface area contributed by atoms with Crippen molar-refractivity contribution in [2.45, 2.75) is 40.0 Å². The topological polar surface area (TPSA) is 55.2 Å². The molecule has 0 aromatic heterocycles. The van der Waals surface area contributed by atoms with Crippen molar-refractivity contribution in [1.29, 1.82) is 0 Å². The lowest BCUT2D eigenvalue weighted by Crippen LogP contribution is -2.20. The number of rotatable bonds is 6. The van der Waals surface area contributed by atoms with E-state index >= 15 is 0 Å². The number of aliphatic imine (C=N–C) groups is 1. The first-order valence-electron chi connectivity index (χ1n) is 11.4. The van der Waals surface area contributed by atoms with Gasteiger partial charge in [0, 0.05) is 16.7 Å². The average molecular weight is 442 g/mol. The van der Waals surface area contributed by atoms with Crippen LogP contribution in [0.15, 0.2) is 76.8 Å². The lowest BCUT2D eigenvalue weighted by Gasteiger charge is -2.19. The summed E-state index contributed by atoms with van der Waals surface area (Å²) in [6.45, 7) is 11.7. The van der Waals surface area contributed by atoms with Crippen molar-refractivity contribution >= 4 is 17.2 Å². The first kappa shape index (κ1) is 22.6. The van der Waals surface area contributed by atoms with Crippen LogP contribution >= 0.6 is 0 Å². The SMILES string of the molecule is CCOc1ccc(C2=NNC(c3ccc(C(C)(C)C)cc3)=Nc3ccccc32)cc1OCC. The van der Waals surface area contributed by atoms with E-state index in [0.29, 0.717) is 24.8 Å². The van der Waals surface area contributed by atoms with Gasteiger partial charge in [0.2, 0.25) is 0 Å². The highest BCUT2D eigenvalue weighted by Gasteiger charge is 2.19. The Balaban J connectivity index is 1.75. The first-order valence-corrected chi connectivity index (χ1v) is 11.4. The molecule has 0 spiro atoms. The Kier molecular flexibility index (Phi) is 6.50. The van der Waals surface area contributed by atoms with E-state index in [1.54, 1.807) is 0 Å². The molecule has 0 aliphatic carbocycles. The molecule has 4 rings (SSSR count). The van der Waals surface area contributed by atoms with E-state index in [1.807, 2.05) is 56.3 Å². The molecule has 3 aromatic carbocycles. The third-order valence-electron chi connectivity index (χ3n) is 5.51. The maximum absolute atomic E-state index is 5.84. The van der Waals surface area contributed by atoms with Crippen molar-refractivity contribution < 1.29 is 9.47 Å². The summed E-state index contributed by atoms with van der Waals surface area (Å²) in [6.07, 6.45) is 0. The maximum atomic E-state index is 5.84. The van der Waals surface area contributed by atoms with E-state index in [1.165, 1.54) is 5.56 Å². The molecule has 33 heavy (non-hydrogen) atoms. The summed E-state index contributed by atoms with van der Waals surface area (Å²) in [5, 5.41) is 4.78. The monoisotopic (exact) mass is 441 g/mol. The Morgan fingerprint density at radius 1 is 0.788 bits per heavy atom. The van der Waals surface area contributed by atoms with E-state index in [9.17, 15) is 0 Å². The fourth-order valence-electron chi connectivity index (χ4n) is 3.76. The van der Waals surface area contributed by atoms with E-state index in [-0.39, 0.29) is 5.41 Å². The summed E-state index contributed by atoms with van der Waals surface area (Å²) >= 11 is 0. The summed E-state index contributed by atoms with van der Waals surface area (Å²) < 4.78 is 11.6. The van der Waals surface area contributed by atoms with Crippen LogP contribution < -0.4 is 14.9 Å². The molecule has 170 valence electrons. The van der Waals surface area contributed by atoms with Crippen molar-refractivity contribution in [2.75, 3.05) is 13.2 Å². The van der Waals surface area contributed by atoms with Crippen LogP contribution in [0.3, 0.4) is 0 Å². The predicted molar refractivity (Wildman–Crippen MR) is 135 cm³/mol. The van der Waals surface area contributed by atoms with Crippen molar-refractivity contribution in [1.82, 2.24) is 5.43 Å². The van der Waals surface area contributed by atoms with Crippen LogP contribution in [0.5, 0.6) is 11.5 Å². The van der Waals surface area contributed by atoms with Gasteiger partial charge in [-0.1, -0.05) is 63.2 Å². The smallest absolute Gasteiger partial charge is 0.161 e. The average Bonchev–Trinajstić information content (AvgIpc) is 3.00. The van der Waals surface area contributed by atoms with Crippen LogP contribution in [0.4, 0.5) is 5.69 Å². The molecule has 0 fully saturated rings. The fraction of sp³-hybridized carbons (Fsp3) is 0.286. The number of nitrogens with one attached hydrogen (secondary N) is 1. The number of hydrogen-bond donors (Lipinski definition) is 1. The molecule has 0 unspecified atom stereocenters. The first-order chi connectivity index (χ1) is 15.9. The largest absolute Gasteiger partial charge is 0.490 e. The second-order valence-corrected chi connectivity index (χ2v) is 8.90. The molecule has 1 N–H and O–H groups in total. The van der Waals surface area contributed by atoms with Gasteiger partial charge in [-0.2, -0.15) is 5.10 Å². The van der Waals surface area contributed by atoms with Crippen LogP contribution in [-0.2, 0) is 5.41 Å². The summed E-state index contributed by atoms with van der Waals surface area (Å²) in [5.74, 6) is 2.16. The Morgan fingerprint density at radius 3 is 2.15 bits per heavy atom. The number of amidine groups is 1. The highest BCUT2D eigenvalue weighted by atomic mass is 16.5. The molecule has 0 radical (unpaired) electrons. The minimum atomic E-state index is 0.0983. The number of nitrogens with zero attached hydrogens (tertiary/aromatic N) is 2. The van der Waals surface area contributed by atoms with Gasteiger partial charge in [0.15, 0.2) is 17.3 Å². The van der Waals surface area contributed by atoms with Crippen molar-refractivity contribution in [2.24, 2.45) is 10.1 Å². The molecule has 0 atom stereocenters. The van der Waals surface area contributed by atoms with Gasteiger partial charge < -0.3 is 9.47 Å². The number of fused-ring (bicyclic) bond motifs is 1. The van der Waals surface area contributed by atoms with E-state index in [2.05, 4.69) is 50.5 Å². The summed E-state index contributed by atoms with van der Waals surface area (Å²) in [7, 11) is 0. The zero-order chi connectivity index (χ0) is 23.4. The predicted octanol–water partition coefficient (Wildman–Crippen LogP) is 6.22. The van der Waals surface area contributed by atoms with Gasteiger partial charge in [-0.15, -0.1) is 0 Å². The van der Waals surface area contributed by atoms with Gasteiger partial charge in [-0.05, 0) is 49.1 Å². The molecular formula is C28H31N3O2. The van der Waals surface area contributed by atoms with Crippen LogP contribution in [0.1, 0.15) is 56.9 Å².